The van der Waals surface area contributed by atoms with Crippen LogP contribution in [0.2, 0.25) is 5.02 Å². The van der Waals surface area contributed by atoms with Crippen LogP contribution in [0.15, 0.2) is 30.3 Å². The van der Waals surface area contributed by atoms with Gasteiger partial charge in [-0.3, -0.25) is 0 Å². The molecule has 3 heteroatoms. The van der Waals surface area contributed by atoms with Crippen molar-refractivity contribution in [2.24, 2.45) is 0 Å². The molecule has 1 aromatic carbocycles. The molecule has 0 spiro atoms. The molecule has 0 aliphatic carbocycles. The van der Waals surface area contributed by atoms with E-state index in [0.717, 1.165) is 5.56 Å². The quantitative estimate of drug-likeness (QED) is 0.664. The number of carbonyl (C=O) groups excluding carboxylic acids is 1. The van der Waals surface area contributed by atoms with Crippen LogP contribution in [-0.2, 0) is 9.53 Å². The number of benzene rings is 1. The smallest absolute Gasteiger partial charge is 0.339 e. The maximum absolute atomic E-state index is 11.4. The first-order valence-corrected chi connectivity index (χ1v) is 4.74. The second-order valence-electron chi connectivity index (χ2n) is 3.17. The highest BCUT2D eigenvalue weighted by Crippen LogP contribution is 2.28. The fourth-order valence-electron chi connectivity index (χ4n) is 1.45. The van der Waals surface area contributed by atoms with Crippen molar-refractivity contribution in [1.29, 1.82) is 0 Å². The minimum absolute atomic E-state index is 0.159. The van der Waals surface area contributed by atoms with E-state index >= 15 is 0 Å². The largest absolute Gasteiger partial charge is 0.455 e. The molecule has 0 saturated heterocycles. The second-order valence-corrected chi connectivity index (χ2v) is 3.58. The number of carbonyl (C=O) groups is 1. The third kappa shape index (κ3) is 1.53. The van der Waals surface area contributed by atoms with Crippen LogP contribution in [0.4, 0.5) is 0 Å². The van der Waals surface area contributed by atoms with Crippen molar-refractivity contribution in [3.05, 3.63) is 40.9 Å². The minimum Gasteiger partial charge on any atom is -0.455 e. The van der Waals surface area contributed by atoms with Gasteiger partial charge in [0.05, 0.1) is 5.57 Å². The van der Waals surface area contributed by atoms with Gasteiger partial charge in [0, 0.05) is 10.6 Å². The molecule has 1 aliphatic heterocycles. The van der Waals surface area contributed by atoms with Crippen molar-refractivity contribution in [1.82, 2.24) is 0 Å². The van der Waals surface area contributed by atoms with E-state index in [9.17, 15) is 4.79 Å². The Bertz CT molecular complexity index is 410. The summed E-state index contributed by atoms with van der Waals surface area (Å²) in [7, 11) is 0. The summed E-state index contributed by atoms with van der Waals surface area (Å²) in [6, 6.07) is 7.25. The van der Waals surface area contributed by atoms with E-state index in [1.54, 1.807) is 12.1 Å². The summed E-state index contributed by atoms with van der Waals surface area (Å²) in [4.78, 5) is 11.4. The predicted molar refractivity (Wildman–Crippen MR) is 55.0 cm³/mol. The van der Waals surface area contributed by atoms with Crippen molar-refractivity contribution < 1.29 is 9.53 Å². The van der Waals surface area contributed by atoms with E-state index in [4.69, 9.17) is 16.3 Å². The van der Waals surface area contributed by atoms with Crippen LogP contribution < -0.4 is 0 Å². The first kappa shape index (κ1) is 9.28. The molecule has 2 nitrogen and oxygen atoms in total. The van der Waals surface area contributed by atoms with Gasteiger partial charge in [-0.1, -0.05) is 29.8 Å². The van der Waals surface area contributed by atoms with Crippen LogP contribution in [0.5, 0.6) is 0 Å². The molecular weight excluding hydrogens is 200 g/mol. The number of hydrogen-bond acceptors (Lipinski definition) is 2. The topological polar surface area (TPSA) is 26.3 Å². The van der Waals surface area contributed by atoms with Gasteiger partial charge in [0.15, 0.2) is 0 Å². The van der Waals surface area contributed by atoms with Crippen molar-refractivity contribution in [2.45, 2.75) is 13.0 Å². The molecule has 1 unspecified atom stereocenters. The van der Waals surface area contributed by atoms with Gasteiger partial charge >= 0.3 is 5.97 Å². The first-order valence-electron chi connectivity index (χ1n) is 4.36. The van der Waals surface area contributed by atoms with Crippen LogP contribution in [-0.4, -0.2) is 12.1 Å². The summed E-state index contributed by atoms with van der Waals surface area (Å²) in [5.74, 6) is -0.300. The molecule has 14 heavy (non-hydrogen) atoms. The van der Waals surface area contributed by atoms with Crippen LogP contribution in [0.3, 0.4) is 0 Å². The molecule has 0 bridgehead atoms. The lowest BCUT2D eigenvalue weighted by Gasteiger charge is -2.01. The van der Waals surface area contributed by atoms with Gasteiger partial charge in [0.2, 0.25) is 0 Å². The average Bonchev–Trinajstić information content (AvgIpc) is 2.46. The van der Waals surface area contributed by atoms with Gasteiger partial charge in [0.25, 0.3) is 0 Å². The van der Waals surface area contributed by atoms with Gasteiger partial charge in [-0.25, -0.2) is 4.79 Å². The highest BCUT2D eigenvalue weighted by atomic mass is 35.5. The summed E-state index contributed by atoms with van der Waals surface area (Å²) in [5, 5.41) is 0.574. The minimum atomic E-state index is -0.300. The molecule has 1 aromatic rings. The summed E-state index contributed by atoms with van der Waals surface area (Å²) in [6.07, 6.45) is 1.62. The van der Waals surface area contributed by atoms with Gasteiger partial charge in [0.1, 0.15) is 6.10 Å². The lowest BCUT2D eigenvalue weighted by molar-refractivity contribution is -0.137. The third-order valence-electron chi connectivity index (χ3n) is 2.08. The van der Waals surface area contributed by atoms with Gasteiger partial charge < -0.3 is 4.74 Å². The Kier molecular flexibility index (Phi) is 2.30. The Morgan fingerprint density at radius 1 is 1.36 bits per heavy atom. The van der Waals surface area contributed by atoms with Gasteiger partial charge in [-0.05, 0) is 19.1 Å². The predicted octanol–water partition coefficient (Wildman–Crippen LogP) is 2.67. The molecular formula is C11H9ClO2. The molecule has 1 heterocycles. The Hall–Kier alpha value is -1.28. The fraction of sp³-hybridized carbons (Fsp3) is 0.182. The number of halogens is 1. The van der Waals surface area contributed by atoms with E-state index < -0.39 is 0 Å². The number of esters is 1. The molecule has 0 radical (unpaired) electrons. The van der Waals surface area contributed by atoms with E-state index in [2.05, 4.69) is 0 Å². The Labute approximate surface area is 87.1 Å². The van der Waals surface area contributed by atoms with Gasteiger partial charge in [-0.2, -0.15) is 0 Å². The maximum Gasteiger partial charge on any atom is 0.339 e. The molecule has 72 valence electrons. The monoisotopic (exact) mass is 208 g/mol. The zero-order chi connectivity index (χ0) is 10.1. The molecule has 0 aromatic heterocycles. The Balaban J connectivity index is 2.46. The third-order valence-corrected chi connectivity index (χ3v) is 2.41. The zero-order valence-electron chi connectivity index (χ0n) is 7.66. The highest BCUT2D eigenvalue weighted by molar-refractivity contribution is 6.34. The van der Waals surface area contributed by atoms with Crippen LogP contribution in [0.1, 0.15) is 12.5 Å². The van der Waals surface area contributed by atoms with Crippen molar-refractivity contribution >= 4 is 23.1 Å². The zero-order valence-corrected chi connectivity index (χ0v) is 8.41. The Morgan fingerprint density at radius 2 is 2.07 bits per heavy atom. The molecule has 0 fully saturated rings. The average molecular weight is 209 g/mol. The van der Waals surface area contributed by atoms with Crippen molar-refractivity contribution in [2.75, 3.05) is 0 Å². The van der Waals surface area contributed by atoms with Crippen LogP contribution in [0, 0.1) is 0 Å². The van der Waals surface area contributed by atoms with E-state index in [0.29, 0.717) is 10.6 Å². The Morgan fingerprint density at radius 3 is 2.64 bits per heavy atom. The summed E-state index contributed by atoms with van der Waals surface area (Å²) in [6.45, 7) is 1.82. The highest BCUT2D eigenvalue weighted by Gasteiger charge is 2.24. The molecule has 1 atom stereocenters. The van der Waals surface area contributed by atoms with E-state index in [1.165, 1.54) is 0 Å². The lowest BCUT2D eigenvalue weighted by Crippen LogP contribution is -2.03. The molecule has 0 N–H and O–H groups in total. The molecule has 2 rings (SSSR count). The lowest BCUT2D eigenvalue weighted by atomic mass is 10.1. The molecule has 1 aliphatic rings. The van der Waals surface area contributed by atoms with Crippen LogP contribution >= 0.6 is 11.6 Å². The summed E-state index contributed by atoms with van der Waals surface area (Å²) in [5.41, 5.74) is 1.30. The SMILES string of the molecule is CC1C=C(c2ccccc2Cl)C(=O)O1. The fourth-order valence-corrected chi connectivity index (χ4v) is 1.69. The number of rotatable bonds is 1. The first-order chi connectivity index (χ1) is 6.68. The number of hydrogen-bond donors (Lipinski definition) is 0. The van der Waals surface area contributed by atoms with E-state index in [-0.39, 0.29) is 12.1 Å². The maximum atomic E-state index is 11.4. The summed E-state index contributed by atoms with van der Waals surface area (Å²) < 4.78 is 4.99. The van der Waals surface area contributed by atoms with E-state index in [1.807, 2.05) is 25.1 Å². The standard InChI is InChI=1S/C11H9ClO2/c1-7-6-9(11(13)14-7)8-4-2-3-5-10(8)12/h2-7H,1H3. The van der Waals surface area contributed by atoms with Crippen molar-refractivity contribution in [3.63, 3.8) is 0 Å². The van der Waals surface area contributed by atoms with Gasteiger partial charge in [-0.15, -0.1) is 0 Å². The number of ether oxygens (including phenoxy) is 1. The normalized spacial score (nSPS) is 20.6. The number of cyclic esters (lactones) is 1. The summed E-state index contributed by atoms with van der Waals surface area (Å²) >= 11 is 5.97. The van der Waals surface area contributed by atoms with Crippen LogP contribution in [0.25, 0.3) is 5.57 Å². The second kappa shape index (κ2) is 3.46. The van der Waals surface area contributed by atoms with Crippen molar-refractivity contribution in [3.8, 4) is 0 Å². The molecule has 0 saturated carbocycles. The molecule has 0 amide bonds.